The van der Waals surface area contributed by atoms with Gasteiger partial charge in [0.1, 0.15) is 0 Å². The fourth-order valence-corrected chi connectivity index (χ4v) is 1.41. The van der Waals surface area contributed by atoms with E-state index < -0.39 is 4.92 Å². The maximum atomic E-state index is 10.7. The number of hydrogen-bond donors (Lipinski definition) is 1. The number of nitro benzene ring substituents is 1. The van der Waals surface area contributed by atoms with Crippen LogP contribution in [0.2, 0.25) is 0 Å². The average molecular weight is 248 g/mol. The van der Waals surface area contributed by atoms with Crippen molar-refractivity contribution in [3.8, 4) is 11.4 Å². The van der Waals surface area contributed by atoms with Gasteiger partial charge in [-0.05, 0) is 14.0 Å². The Bertz CT molecular complexity index is 567. The molecule has 2 rings (SSSR count). The van der Waals surface area contributed by atoms with Gasteiger partial charge in [0.2, 0.25) is 11.7 Å². The van der Waals surface area contributed by atoms with Crippen LogP contribution in [0.1, 0.15) is 18.9 Å². The highest BCUT2D eigenvalue weighted by molar-refractivity contribution is 5.58. The van der Waals surface area contributed by atoms with Crippen LogP contribution in [0.3, 0.4) is 0 Å². The van der Waals surface area contributed by atoms with E-state index in [0.717, 1.165) is 0 Å². The van der Waals surface area contributed by atoms with Crippen molar-refractivity contribution >= 4 is 5.69 Å². The summed E-state index contributed by atoms with van der Waals surface area (Å²) < 4.78 is 5.08. The fourth-order valence-electron chi connectivity index (χ4n) is 1.41. The van der Waals surface area contributed by atoms with Crippen molar-refractivity contribution in [3.63, 3.8) is 0 Å². The van der Waals surface area contributed by atoms with Crippen LogP contribution in [0.15, 0.2) is 28.8 Å². The van der Waals surface area contributed by atoms with Crippen LogP contribution in [0.25, 0.3) is 11.4 Å². The topological polar surface area (TPSA) is 94.1 Å². The molecule has 0 saturated heterocycles. The van der Waals surface area contributed by atoms with Gasteiger partial charge in [0.25, 0.3) is 5.69 Å². The normalized spacial score (nSPS) is 12.3. The maximum absolute atomic E-state index is 10.7. The molecule has 0 aliphatic heterocycles. The number of benzene rings is 1. The Labute approximate surface area is 103 Å². The minimum absolute atomic E-state index is 0.000477. The molecule has 1 atom stereocenters. The zero-order valence-electron chi connectivity index (χ0n) is 9.95. The van der Waals surface area contributed by atoms with Crippen LogP contribution in [0.4, 0.5) is 5.69 Å². The minimum atomic E-state index is -0.458. The molecule has 1 aromatic carbocycles. The Hall–Kier alpha value is -2.28. The van der Waals surface area contributed by atoms with E-state index in [2.05, 4.69) is 15.5 Å². The molecule has 0 aliphatic rings. The summed E-state index contributed by atoms with van der Waals surface area (Å²) in [7, 11) is 1.78. The number of rotatable bonds is 4. The zero-order chi connectivity index (χ0) is 13.1. The van der Waals surface area contributed by atoms with Crippen LogP contribution >= 0.6 is 0 Å². The molecule has 1 N–H and O–H groups in total. The van der Waals surface area contributed by atoms with Crippen LogP contribution in [-0.2, 0) is 0 Å². The Morgan fingerprint density at radius 1 is 1.50 bits per heavy atom. The van der Waals surface area contributed by atoms with Crippen molar-refractivity contribution in [3.05, 3.63) is 40.3 Å². The summed E-state index contributed by atoms with van der Waals surface area (Å²) in [5.74, 6) is 0.787. The predicted molar refractivity (Wildman–Crippen MR) is 63.9 cm³/mol. The van der Waals surface area contributed by atoms with Gasteiger partial charge < -0.3 is 9.84 Å². The molecule has 2 aromatic rings. The number of aromatic nitrogens is 2. The summed E-state index contributed by atoms with van der Waals surface area (Å²) >= 11 is 0. The van der Waals surface area contributed by atoms with E-state index in [4.69, 9.17) is 4.52 Å². The van der Waals surface area contributed by atoms with Gasteiger partial charge in [-0.2, -0.15) is 4.98 Å². The van der Waals surface area contributed by atoms with E-state index in [0.29, 0.717) is 17.3 Å². The number of nitrogens with one attached hydrogen (secondary N) is 1. The molecule has 0 aliphatic carbocycles. The number of hydrogen-bond acceptors (Lipinski definition) is 6. The van der Waals surface area contributed by atoms with Crippen molar-refractivity contribution in [2.75, 3.05) is 7.05 Å². The SMILES string of the molecule is CNC(C)c1nc(-c2cccc([N+](=O)[O-])c2)no1. The van der Waals surface area contributed by atoms with Crippen molar-refractivity contribution < 1.29 is 9.45 Å². The highest BCUT2D eigenvalue weighted by atomic mass is 16.6. The van der Waals surface area contributed by atoms with Gasteiger partial charge in [-0.15, -0.1) is 0 Å². The molecule has 0 amide bonds. The lowest BCUT2D eigenvalue weighted by Crippen LogP contribution is -2.12. The standard InChI is InChI=1S/C11H12N4O3/c1-7(12-2)11-13-10(14-18-11)8-4-3-5-9(6-8)15(16)17/h3-7,12H,1-2H3. The van der Waals surface area contributed by atoms with Gasteiger partial charge in [-0.1, -0.05) is 17.3 Å². The monoisotopic (exact) mass is 248 g/mol. The lowest BCUT2D eigenvalue weighted by molar-refractivity contribution is -0.384. The molecule has 1 heterocycles. The molecule has 7 nitrogen and oxygen atoms in total. The first-order valence-corrected chi connectivity index (χ1v) is 5.37. The summed E-state index contributed by atoms with van der Waals surface area (Å²) in [6, 6.07) is 6.06. The van der Waals surface area contributed by atoms with Gasteiger partial charge >= 0.3 is 0 Å². The molecule has 1 unspecified atom stereocenters. The van der Waals surface area contributed by atoms with Crippen LogP contribution in [0.5, 0.6) is 0 Å². The van der Waals surface area contributed by atoms with Crippen molar-refractivity contribution in [2.24, 2.45) is 0 Å². The number of nitro groups is 1. The first-order valence-electron chi connectivity index (χ1n) is 5.37. The van der Waals surface area contributed by atoms with Crippen LogP contribution < -0.4 is 5.32 Å². The first-order chi connectivity index (χ1) is 8.61. The molecular weight excluding hydrogens is 236 g/mol. The second kappa shape index (κ2) is 4.92. The summed E-state index contributed by atoms with van der Waals surface area (Å²) in [5.41, 5.74) is 0.558. The number of nitrogens with zero attached hydrogens (tertiary/aromatic N) is 3. The predicted octanol–water partition coefficient (Wildman–Crippen LogP) is 1.93. The Balaban J connectivity index is 2.34. The Kier molecular flexibility index (Phi) is 3.33. The lowest BCUT2D eigenvalue weighted by Gasteiger charge is -2.01. The van der Waals surface area contributed by atoms with Crippen LogP contribution in [-0.4, -0.2) is 22.1 Å². The van der Waals surface area contributed by atoms with Crippen molar-refractivity contribution in [1.29, 1.82) is 0 Å². The average Bonchev–Trinajstić information content (AvgIpc) is 2.87. The minimum Gasteiger partial charge on any atom is -0.337 e. The molecule has 7 heteroatoms. The van der Waals surface area contributed by atoms with E-state index >= 15 is 0 Å². The molecule has 1 aromatic heterocycles. The van der Waals surface area contributed by atoms with Gasteiger partial charge in [-0.25, -0.2) is 0 Å². The van der Waals surface area contributed by atoms with E-state index in [-0.39, 0.29) is 11.7 Å². The molecule has 0 saturated carbocycles. The fraction of sp³-hybridized carbons (Fsp3) is 0.273. The Morgan fingerprint density at radius 3 is 2.94 bits per heavy atom. The number of non-ortho nitro benzene ring substituents is 1. The highest BCUT2D eigenvalue weighted by Gasteiger charge is 2.15. The molecule has 94 valence electrons. The third kappa shape index (κ3) is 2.35. The van der Waals surface area contributed by atoms with Crippen LogP contribution in [0, 0.1) is 10.1 Å². The van der Waals surface area contributed by atoms with Gasteiger partial charge in [0.15, 0.2) is 0 Å². The second-order valence-corrected chi connectivity index (χ2v) is 3.77. The maximum Gasteiger partial charge on any atom is 0.270 e. The molecule has 0 bridgehead atoms. The van der Waals surface area contributed by atoms with E-state index in [1.807, 2.05) is 6.92 Å². The molecular formula is C11H12N4O3. The Morgan fingerprint density at radius 2 is 2.28 bits per heavy atom. The van der Waals surface area contributed by atoms with E-state index in [1.165, 1.54) is 12.1 Å². The van der Waals surface area contributed by atoms with Crippen molar-refractivity contribution in [1.82, 2.24) is 15.5 Å². The third-order valence-electron chi connectivity index (χ3n) is 2.56. The molecule has 0 radical (unpaired) electrons. The lowest BCUT2D eigenvalue weighted by atomic mass is 10.2. The van der Waals surface area contributed by atoms with E-state index in [1.54, 1.807) is 19.2 Å². The summed E-state index contributed by atoms with van der Waals surface area (Å²) in [6.45, 7) is 1.88. The third-order valence-corrected chi connectivity index (χ3v) is 2.56. The van der Waals surface area contributed by atoms with Gasteiger partial charge in [0.05, 0.1) is 11.0 Å². The largest absolute Gasteiger partial charge is 0.337 e. The second-order valence-electron chi connectivity index (χ2n) is 3.77. The quantitative estimate of drug-likeness (QED) is 0.656. The molecule has 0 fully saturated rings. The van der Waals surface area contributed by atoms with Crippen molar-refractivity contribution in [2.45, 2.75) is 13.0 Å². The first kappa shape index (κ1) is 12.2. The smallest absolute Gasteiger partial charge is 0.270 e. The van der Waals surface area contributed by atoms with Gasteiger partial charge in [-0.3, -0.25) is 10.1 Å². The molecule has 0 spiro atoms. The summed E-state index contributed by atoms with van der Waals surface area (Å²) in [5, 5.41) is 17.5. The van der Waals surface area contributed by atoms with E-state index in [9.17, 15) is 10.1 Å². The zero-order valence-corrected chi connectivity index (χ0v) is 9.95. The summed E-state index contributed by atoms with van der Waals surface area (Å²) in [6.07, 6.45) is 0. The highest BCUT2D eigenvalue weighted by Crippen LogP contribution is 2.22. The molecule has 18 heavy (non-hydrogen) atoms. The summed E-state index contributed by atoms with van der Waals surface area (Å²) in [4.78, 5) is 14.4. The van der Waals surface area contributed by atoms with Gasteiger partial charge in [0, 0.05) is 17.7 Å².